The van der Waals surface area contributed by atoms with Crippen LogP contribution in [0.5, 0.6) is 0 Å². The summed E-state index contributed by atoms with van der Waals surface area (Å²) < 4.78 is 4.61. The first-order chi connectivity index (χ1) is 8.93. The zero-order valence-corrected chi connectivity index (χ0v) is 11.6. The molecule has 3 amide bonds. The van der Waals surface area contributed by atoms with Crippen molar-refractivity contribution in [1.82, 2.24) is 15.8 Å². The average Bonchev–Trinajstić information content (AvgIpc) is 2.67. The first kappa shape index (κ1) is 15.3. The topological polar surface area (TPSA) is 87.7 Å². The molecule has 1 rings (SSSR count). The number of ether oxygens (including phenoxy) is 1. The second-order valence-corrected chi connectivity index (χ2v) is 4.93. The van der Waals surface area contributed by atoms with Crippen LogP contribution < -0.4 is 10.9 Å². The number of nitrogens with one attached hydrogen (secondary N) is 2. The van der Waals surface area contributed by atoms with E-state index in [2.05, 4.69) is 15.6 Å². The highest BCUT2D eigenvalue weighted by Gasteiger charge is 2.34. The molecule has 1 saturated heterocycles. The van der Waals surface area contributed by atoms with E-state index in [0.29, 0.717) is 19.0 Å². The van der Waals surface area contributed by atoms with Gasteiger partial charge in [-0.25, -0.2) is 10.2 Å². The number of hydrogen-bond acceptors (Lipinski definition) is 4. The van der Waals surface area contributed by atoms with Crippen LogP contribution in [0.15, 0.2) is 0 Å². The molecule has 0 radical (unpaired) electrons. The fourth-order valence-corrected chi connectivity index (χ4v) is 1.95. The van der Waals surface area contributed by atoms with Crippen LogP contribution in [0.2, 0.25) is 0 Å². The Bertz CT molecular complexity index is 357. The average molecular weight is 271 g/mol. The molecule has 1 heterocycles. The summed E-state index contributed by atoms with van der Waals surface area (Å²) >= 11 is 0. The smallest absolute Gasteiger partial charge is 0.426 e. The molecule has 0 aromatic carbocycles. The molecule has 1 fully saturated rings. The van der Waals surface area contributed by atoms with Crippen molar-refractivity contribution < 1.29 is 19.1 Å². The Morgan fingerprint density at radius 1 is 1.42 bits per heavy atom. The van der Waals surface area contributed by atoms with Gasteiger partial charge in [-0.1, -0.05) is 13.8 Å². The number of nitrogens with zero attached hydrogens (tertiary/aromatic N) is 1. The van der Waals surface area contributed by atoms with E-state index in [1.165, 1.54) is 0 Å². The third kappa shape index (κ3) is 4.76. The Morgan fingerprint density at radius 2 is 2.11 bits per heavy atom. The molecule has 7 heteroatoms. The van der Waals surface area contributed by atoms with Crippen LogP contribution >= 0.6 is 0 Å². The lowest BCUT2D eigenvalue weighted by atomic mass is 10.1. The van der Waals surface area contributed by atoms with Gasteiger partial charge in [-0.15, -0.1) is 0 Å². The molecule has 19 heavy (non-hydrogen) atoms. The van der Waals surface area contributed by atoms with Crippen LogP contribution in [0.4, 0.5) is 4.79 Å². The third-order valence-corrected chi connectivity index (χ3v) is 2.73. The van der Waals surface area contributed by atoms with Crippen molar-refractivity contribution in [3.8, 4) is 0 Å². The molecule has 0 aliphatic carbocycles. The van der Waals surface area contributed by atoms with E-state index in [4.69, 9.17) is 0 Å². The Balaban J connectivity index is 2.38. The predicted octanol–water partition coefficient (Wildman–Crippen LogP) is 0.268. The van der Waals surface area contributed by atoms with Crippen molar-refractivity contribution in [2.24, 2.45) is 11.8 Å². The van der Waals surface area contributed by atoms with E-state index < -0.39 is 12.0 Å². The van der Waals surface area contributed by atoms with E-state index in [9.17, 15) is 14.4 Å². The lowest BCUT2D eigenvalue weighted by Gasteiger charge is -2.18. The molecule has 0 saturated carbocycles. The van der Waals surface area contributed by atoms with Gasteiger partial charge in [0.05, 0.1) is 12.5 Å². The normalized spacial score (nSPS) is 18.6. The highest BCUT2D eigenvalue weighted by molar-refractivity contribution is 5.89. The first-order valence-corrected chi connectivity index (χ1v) is 6.44. The molecular formula is C12H21N3O4. The maximum absolute atomic E-state index is 11.8. The van der Waals surface area contributed by atoms with Gasteiger partial charge in [0.2, 0.25) is 11.8 Å². The molecule has 1 aliphatic heterocycles. The van der Waals surface area contributed by atoms with Gasteiger partial charge in [0.25, 0.3) is 0 Å². The van der Waals surface area contributed by atoms with Gasteiger partial charge in [-0.2, -0.15) is 0 Å². The van der Waals surface area contributed by atoms with E-state index >= 15 is 0 Å². The van der Waals surface area contributed by atoms with Crippen molar-refractivity contribution in [2.45, 2.75) is 27.2 Å². The third-order valence-electron chi connectivity index (χ3n) is 2.73. The van der Waals surface area contributed by atoms with Crippen LogP contribution in [0.1, 0.15) is 27.2 Å². The highest BCUT2D eigenvalue weighted by atomic mass is 16.5. The van der Waals surface area contributed by atoms with E-state index in [-0.39, 0.29) is 24.8 Å². The van der Waals surface area contributed by atoms with Crippen LogP contribution in [0.25, 0.3) is 0 Å². The Hall–Kier alpha value is -1.79. The monoisotopic (exact) mass is 271 g/mol. The summed E-state index contributed by atoms with van der Waals surface area (Å²) in [6.07, 6.45) is -0.525. The summed E-state index contributed by atoms with van der Waals surface area (Å²) in [4.78, 5) is 36.2. The lowest BCUT2D eigenvalue weighted by Crippen LogP contribution is -2.45. The maximum Gasteiger partial charge on any atom is 0.426 e. The lowest BCUT2D eigenvalue weighted by molar-refractivity contribution is -0.129. The summed E-state index contributed by atoms with van der Waals surface area (Å²) in [5.74, 6) is -0.450. The van der Waals surface area contributed by atoms with Gasteiger partial charge in [0.15, 0.2) is 0 Å². The largest absolute Gasteiger partial charge is 0.449 e. The number of likely N-dealkylation sites (tertiary alicyclic amines) is 1. The van der Waals surface area contributed by atoms with Gasteiger partial charge in [-0.3, -0.25) is 15.0 Å². The zero-order chi connectivity index (χ0) is 14.4. The second kappa shape index (κ2) is 6.96. The first-order valence-electron chi connectivity index (χ1n) is 6.44. The summed E-state index contributed by atoms with van der Waals surface area (Å²) in [6, 6.07) is 0. The number of hydrogen-bond donors (Lipinski definition) is 2. The van der Waals surface area contributed by atoms with Crippen molar-refractivity contribution in [1.29, 1.82) is 0 Å². The van der Waals surface area contributed by atoms with Crippen LogP contribution in [0.3, 0.4) is 0 Å². The minimum absolute atomic E-state index is 0.0232. The number of carbonyl (C=O) groups excluding carboxylic acids is 3. The van der Waals surface area contributed by atoms with Gasteiger partial charge >= 0.3 is 6.09 Å². The fourth-order valence-electron chi connectivity index (χ4n) is 1.95. The molecule has 0 spiro atoms. The highest BCUT2D eigenvalue weighted by Crippen LogP contribution is 2.18. The molecular weight excluding hydrogens is 250 g/mol. The van der Waals surface area contributed by atoms with E-state index in [1.54, 1.807) is 11.8 Å². The Labute approximate surface area is 112 Å². The minimum atomic E-state index is -0.709. The van der Waals surface area contributed by atoms with Gasteiger partial charge in [0.1, 0.15) is 0 Å². The summed E-state index contributed by atoms with van der Waals surface area (Å²) in [6.45, 7) is 6.97. The molecule has 108 valence electrons. The van der Waals surface area contributed by atoms with E-state index in [1.807, 2.05) is 13.8 Å². The second-order valence-electron chi connectivity index (χ2n) is 4.93. The molecule has 2 N–H and O–H groups in total. The molecule has 0 aromatic rings. The van der Waals surface area contributed by atoms with Crippen molar-refractivity contribution in [3.63, 3.8) is 0 Å². The van der Waals surface area contributed by atoms with Crippen LogP contribution in [-0.4, -0.2) is 42.5 Å². The quantitative estimate of drug-likeness (QED) is 0.718. The SMILES string of the molecule is CCOC(=O)NNC(=O)C1CC(=O)N(CC(C)C)C1. The standard InChI is InChI=1S/C12H21N3O4/c1-4-19-12(18)14-13-11(17)9-5-10(16)15(7-9)6-8(2)3/h8-9H,4-7H2,1-3H3,(H,13,17)(H,14,18). The maximum atomic E-state index is 11.8. The Morgan fingerprint density at radius 3 is 2.68 bits per heavy atom. The summed E-state index contributed by atoms with van der Waals surface area (Å²) in [5, 5.41) is 0. The van der Waals surface area contributed by atoms with Crippen molar-refractivity contribution in [2.75, 3.05) is 19.7 Å². The van der Waals surface area contributed by atoms with Crippen LogP contribution in [-0.2, 0) is 14.3 Å². The van der Waals surface area contributed by atoms with Gasteiger partial charge in [-0.05, 0) is 12.8 Å². The van der Waals surface area contributed by atoms with Gasteiger partial charge in [0, 0.05) is 19.5 Å². The molecule has 1 atom stereocenters. The number of rotatable bonds is 4. The van der Waals surface area contributed by atoms with E-state index in [0.717, 1.165) is 0 Å². The number of hydrazine groups is 1. The molecule has 0 bridgehead atoms. The minimum Gasteiger partial charge on any atom is -0.449 e. The predicted molar refractivity (Wildman–Crippen MR) is 67.8 cm³/mol. The van der Waals surface area contributed by atoms with Crippen molar-refractivity contribution in [3.05, 3.63) is 0 Å². The summed E-state index contributed by atoms with van der Waals surface area (Å²) in [7, 11) is 0. The van der Waals surface area contributed by atoms with Crippen molar-refractivity contribution >= 4 is 17.9 Å². The molecule has 1 unspecified atom stereocenters. The van der Waals surface area contributed by atoms with Crippen LogP contribution in [0, 0.1) is 11.8 Å². The summed E-state index contributed by atoms with van der Waals surface area (Å²) in [5.41, 5.74) is 4.40. The fraction of sp³-hybridized carbons (Fsp3) is 0.750. The molecule has 0 aromatic heterocycles. The zero-order valence-electron chi connectivity index (χ0n) is 11.6. The number of amides is 3. The number of carbonyl (C=O) groups is 3. The Kier molecular flexibility index (Phi) is 5.59. The molecule has 7 nitrogen and oxygen atoms in total. The molecule has 1 aliphatic rings. The van der Waals surface area contributed by atoms with Gasteiger partial charge < -0.3 is 9.64 Å².